The maximum absolute atomic E-state index is 13.1. The molecule has 3 amide bonds. The van der Waals surface area contributed by atoms with Gasteiger partial charge in [0.2, 0.25) is 11.8 Å². The van der Waals surface area contributed by atoms with E-state index in [4.69, 9.17) is 9.15 Å². The molecule has 9 heteroatoms. The molecule has 0 saturated heterocycles. The molecule has 0 fully saturated rings. The Morgan fingerprint density at radius 3 is 2.42 bits per heavy atom. The highest BCUT2D eigenvalue weighted by molar-refractivity contribution is 6.03. The van der Waals surface area contributed by atoms with Crippen molar-refractivity contribution in [3.63, 3.8) is 0 Å². The largest absolute Gasteiger partial charge is 0.497 e. The van der Waals surface area contributed by atoms with Gasteiger partial charge in [-0.1, -0.05) is 42.5 Å². The Bertz CT molecular complexity index is 1210. The van der Waals surface area contributed by atoms with Gasteiger partial charge in [0, 0.05) is 32.4 Å². The van der Waals surface area contributed by atoms with Crippen LogP contribution in [0.15, 0.2) is 82.5 Å². The average molecular weight is 489 g/mol. The fourth-order valence-electron chi connectivity index (χ4n) is 3.93. The smallest absolute Gasteiger partial charge is 0.287 e. The van der Waals surface area contributed by atoms with Gasteiger partial charge < -0.3 is 19.8 Å². The highest BCUT2D eigenvalue weighted by atomic mass is 16.5. The van der Waals surface area contributed by atoms with Crippen LogP contribution in [0, 0.1) is 0 Å². The van der Waals surface area contributed by atoms with Crippen LogP contribution < -0.4 is 15.4 Å². The van der Waals surface area contributed by atoms with Crippen molar-refractivity contribution in [2.24, 2.45) is 5.10 Å². The first-order valence-electron chi connectivity index (χ1n) is 11.7. The van der Waals surface area contributed by atoms with E-state index in [1.54, 1.807) is 19.2 Å². The van der Waals surface area contributed by atoms with Crippen molar-refractivity contribution in [3.05, 3.63) is 89.9 Å². The number of furan rings is 1. The van der Waals surface area contributed by atoms with E-state index in [2.05, 4.69) is 15.7 Å². The first-order chi connectivity index (χ1) is 17.5. The van der Waals surface area contributed by atoms with Crippen molar-refractivity contribution in [2.45, 2.75) is 25.3 Å². The maximum atomic E-state index is 13.1. The lowest BCUT2D eigenvalue weighted by Crippen LogP contribution is -2.35. The molecule has 1 aliphatic heterocycles. The summed E-state index contributed by atoms with van der Waals surface area (Å²) in [6, 6.07) is 20.2. The lowest BCUT2D eigenvalue weighted by atomic mass is 9.98. The van der Waals surface area contributed by atoms with Gasteiger partial charge in [-0.05, 0) is 35.4 Å². The Hall–Kier alpha value is -4.40. The molecule has 1 aliphatic rings. The van der Waals surface area contributed by atoms with Crippen molar-refractivity contribution in [1.82, 2.24) is 15.6 Å². The number of ether oxygens (including phenoxy) is 1. The third-order valence-electron chi connectivity index (χ3n) is 5.82. The number of carbonyl (C=O) groups is 3. The molecule has 0 spiro atoms. The van der Waals surface area contributed by atoms with Gasteiger partial charge in [-0.25, -0.2) is 5.01 Å². The number of methoxy groups -OCH3 is 1. The molecule has 2 aromatic carbocycles. The normalized spacial score (nSPS) is 14.8. The second-order valence-corrected chi connectivity index (χ2v) is 8.23. The molecule has 2 heterocycles. The zero-order valence-corrected chi connectivity index (χ0v) is 20.0. The van der Waals surface area contributed by atoms with Crippen LogP contribution in [-0.4, -0.2) is 48.6 Å². The Kier molecular flexibility index (Phi) is 8.12. The predicted octanol–water partition coefficient (Wildman–Crippen LogP) is 3.29. The van der Waals surface area contributed by atoms with Crippen LogP contribution in [0.1, 0.15) is 47.0 Å². The molecule has 1 aromatic heterocycles. The molecule has 3 aromatic rings. The Morgan fingerprint density at radius 1 is 0.972 bits per heavy atom. The van der Waals surface area contributed by atoms with Gasteiger partial charge >= 0.3 is 0 Å². The maximum Gasteiger partial charge on any atom is 0.287 e. The number of benzene rings is 2. The van der Waals surface area contributed by atoms with E-state index in [9.17, 15) is 14.4 Å². The van der Waals surface area contributed by atoms with E-state index < -0.39 is 0 Å². The minimum atomic E-state index is -0.352. The topological polar surface area (TPSA) is 113 Å². The van der Waals surface area contributed by atoms with Crippen LogP contribution in [0.2, 0.25) is 0 Å². The summed E-state index contributed by atoms with van der Waals surface area (Å²) >= 11 is 0. The summed E-state index contributed by atoms with van der Waals surface area (Å²) in [5, 5.41) is 11.5. The lowest BCUT2D eigenvalue weighted by molar-refractivity contribution is -0.135. The van der Waals surface area contributed by atoms with Crippen LogP contribution in [0.5, 0.6) is 5.75 Å². The fourth-order valence-corrected chi connectivity index (χ4v) is 3.93. The molecule has 36 heavy (non-hydrogen) atoms. The van der Waals surface area contributed by atoms with Crippen LogP contribution in [0.25, 0.3) is 0 Å². The first kappa shape index (κ1) is 24.7. The number of hydrogen-bond donors (Lipinski definition) is 2. The van der Waals surface area contributed by atoms with Crippen molar-refractivity contribution < 1.29 is 23.5 Å². The average Bonchev–Trinajstić information content (AvgIpc) is 3.61. The second-order valence-electron chi connectivity index (χ2n) is 8.23. The van der Waals surface area contributed by atoms with E-state index in [0.717, 1.165) is 22.6 Å². The molecule has 0 aliphatic carbocycles. The van der Waals surface area contributed by atoms with Crippen molar-refractivity contribution >= 4 is 23.4 Å². The summed E-state index contributed by atoms with van der Waals surface area (Å²) in [7, 11) is 1.61. The zero-order valence-electron chi connectivity index (χ0n) is 20.0. The Labute approximate surface area is 209 Å². The summed E-state index contributed by atoms with van der Waals surface area (Å²) in [6.07, 6.45) is 2.03. The number of nitrogens with zero attached hydrogens (tertiary/aromatic N) is 2. The number of hydrogen-bond acceptors (Lipinski definition) is 6. The second kappa shape index (κ2) is 11.8. The Balaban J connectivity index is 1.33. The van der Waals surface area contributed by atoms with Crippen LogP contribution in [0.4, 0.5) is 0 Å². The SMILES string of the molecule is COc1ccc(C2CC(c3ccccc3)=NN2C(=O)CCC(=O)NCCNC(=O)c2ccco2)cc1. The van der Waals surface area contributed by atoms with Gasteiger partial charge in [0.25, 0.3) is 5.91 Å². The Morgan fingerprint density at radius 2 is 1.72 bits per heavy atom. The van der Waals surface area contributed by atoms with Gasteiger partial charge in [0.05, 0.1) is 25.1 Å². The molecule has 0 radical (unpaired) electrons. The molecule has 1 atom stereocenters. The summed E-state index contributed by atoms with van der Waals surface area (Å²) in [6.45, 7) is 0.490. The van der Waals surface area contributed by atoms with Gasteiger partial charge in [-0.3, -0.25) is 14.4 Å². The number of amides is 3. The van der Waals surface area contributed by atoms with Crippen molar-refractivity contribution in [3.8, 4) is 5.75 Å². The summed E-state index contributed by atoms with van der Waals surface area (Å²) in [4.78, 5) is 37.2. The van der Waals surface area contributed by atoms with Crippen molar-refractivity contribution in [2.75, 3.05) is 20.2 Å². The van der Waals surface area contributed by atoms with Crippen LogP contribution in [0.3, 0.4) is 0 Å². The van der Waals surface area contributed by atoms with E-state index in [1.807, 2.05) is 54.6 Å². The summed E-state index contributed by atoms with van der Waals surface area (Å²) in [5.74, 6) is 0.0800. The summed E-state index contributed by atoms with van der Waals surface area (Å²) in [5.41, 5.74) is 2.72. The standard InChI is InChI=1S/C27H28N4O5/c1-35-21-11-9-20(10-12-21)23-18-22(19-6-3-2-4-7-19)30-31(23)26(33)14-13-25(32)28-15-16-29-27(34)24-8-5-17-36-24/h2-12,17,23H,13-16,18H2,1H3,(H,28,32)(H,29,34). The first-order valence-corrected chi connectivity index (χ1v) is 11.7. The van der Waals surface area contributed by atoms with E-state index >= 15 is 0 Å². The van der Waals surface area contributed by atoms with E-state index in [-0.39, 0.29) is 55.5 Å². The quantitative estimate of drug-likeness (QED) is 0.425. The highest BCUT2D eigenvalue weighted by Gasteiger charge is 2.33. The zero-order chi connectivity index (χ0) is 25.3. The van der Waals surface area contributed by atoms with Crippen LogP contribution >= 0.6 is 0 Å². The number of nitrogens with one attached hydrogen (secondary N) is 2. The van der Waals surface area contributed by atoms with Gasteiger partial charge in [-0.15, -0.1) is 0 Å². The number of rotatable bonds is 10. The lowest BCUT2D eigenvalue weighted by Gasteiger charge is -2.22. The molecule has 9 nitrogen and oxygen atoms in total. The third kappa shape index (κ3) is 6.18. The highest BCUT2D eigenvalue weighted by Crippen LogP contribution is 2.34. The molecule has 4 rings (SSSR count). The molecule has 1 unspecified atom stereocenters. The van der Waals surface area contributed by atoms with Gasteiger partial charge in [0.15, 0.2) is 5.76 Å². The predicted molar refractivity (Wildman–Crippen MR) is 133 cm³/mol. The van der Waals surface area contributed by atoms with Gasteiger partial charge in [-0.2, -0.15) is 5.10 Å². The molecular formula is C27H28N4O5. The molecule has 0 saturated carbocycles. The molecule has 0 bridgehead atoms. The van der Waals surface area contributed by atoms with Gasteiger partial charge in [0.1, 0.15) is 5.75 Å². The van der Waals surface area contributed by atoms with E-state index in [1.165, 1.54) is 11.3 Å². The van der Waals surface area contributed by atoms with E-state index in [0.29, 0.717) is 6.42 Å². The van der Waals surface area contributed by atoms with Crippen molar-refractivity contribution in [1.29, 1.82) is 0 Å². The number of hydrazone groups is 1. The monoisotopic (exact) mass is 488 g/mol. The number of carbonyl (C=O) groups excluding carboxylic acids is 3. The third-order valence-corrected chi connectivity index (χ3v) is 5.82. The molecular weight excluding hydrogens is 460 g/mol. The molecule has 186 valence electrons. The summed E-state index contributed by atoms with van der Waals surface area (Å²) < 4.78 is 10.3. The van der Waals surface area contributed by atoms with Crippen LogP contribution in [-0.2, 0) is 9.59 Å². The fraction of sp³-hybridized carbons (Fsp3) is 0.259. The minimum Gasteiger partial charge on any atom is -0.497 e. The minimum absolute atomic E-state index is 0.0167. The molecule has 2 N–H and O–H groups in total.